The lowest BCUT2D eigenvalue weighted by Gasteiger charge is -2.18. The van der Waals surface area contributed by atoms with E-state index in [-0.39, 0.29) is 0 Å². The second-order valence-electron chi connectivity index (χ2n) is 11.9. The molecule has 4 nitrogen and oxygen atoms in total. The number of nitrogens with zero attached hydrogens (tertiary/aromatic N) is 4. The third-order valence-corrected chi connectivity index (χ3v) is 9.38. The van der Waals surface area contributed by atoms with E-state index in [1.807, 2.05) is 30.3 Å². The van der Waals surface area contributed by atoms with Crippen molar-refractivity contribution < 1.29 is 0 Å². The summed E-state index contributed by atoms with van der Waals surface area (Å²) in [6.07, 6.45) is 0. The zero-order valence-corrected chi connectivity index (χ0v) is 25.8. The zero-order chi connectivity index (χ0) is 32.2. The molecule has 0 spiro atoms. The Labute approximate surface area is 277 Å². The zero-order valence-electron chi connectivity index (χ0n) is 25.8. The van der Waals surface area contributed by atoms with Crippen LogP contribution in [0.4, 0.5) is 5.69 Å². The van der Waals surface area contributed by atoms with Gasteiger partial charge in [-0.1, -0.05) is 109 Å². The van der Waals surface area contributed by atoms with Crippen molar-refractivity contribution in [2.24, 2.45) is 0 Å². The first-order valence-electron chi connectivity index (χ1n) is 15.9. The van der Waals surface area contributed by atoms with Crippen molar-refractivity contribution in [3.05, 3.63) is 175 Å². The lowest BCUT2D eigenvalue weighted by molar-refractivity contribution is 1.18. The number of hydrogen-bond acceptors (Lipinski definition) is 1. The van der Waals surface area contributed by atoms with E-state index in [1.165, 1.54) is 10.8 Å². The molecular formula is C44H26N4. The molecule has 0 amide bonds. The maximum absolute atomic E-state index is 10.5. The molecule has 7 aromatic carbocycles. The van der Waals surface area contributed by atoms with E-state index in [0.717, 1.165) is 66.5 Å². The minimum absolute atomic E-state index is 0.595. The number of rotatable bonds is 4. The van der Waals surface area contributed by atoms with Gasteiger partial charge in [0.05, 0.1) is 40.4 Å². The number of nitriles is 1. The summed E-state index contributed by atoms with van der Waals surface area (Å²) >= 11 is 0. The average molecular weight is 611 g/mol. The molecule has 9 aromatic rings. The molecular weight excluding hydrogens is 585 g/mol. The van der Waals surface area contributed by atoms with Gasteiger partial charge >= 0.3 is 0 Å². The molecule has 0 atom stereocenters. The van der Waals surface area contributed by atoms with Gasteiger partial charge in [-0.15, -0.1) is 0 Å². The van der Waals surface area contributed by atoms with Crippen LogP contribution in [0.15, 0.2) is 158 Å². The summed E-state index contributed by atoms with van der Waals surface area (Å²) < 4.78 is 4.57. The molecule has 0 aliphatic rings. The van der Waals surface area contributed by atoms with Gasteiger partial charge in [0, 0.05) is 43.9 Å². The first-order valence-corrected chi connectivity index (χ1v) is 15.9. The van der Waals surface area contributed by atoms with E-state index in [2.05, 4.69) is 147 Å². The van der Waals surface area contributed by atoms with Crippen LogP contribution in [0.5, 0.6) is 0 Å². The van der Waals surface area contributed by atoms with Gasteiger partial charge in [0.25, 0.3) is 0 Å². The Morgan fingerprint density at radius 1 is 0.500 bits per heavy atom. The molecule has 0 fully saturated rings. The van der Waals surface area contributed by atoms with E-state index < -0.39 is 0 Å². The normalized spacial score (nSPS) is 11.3. The summed E-state index contributed by atoms with van der Waals surface area (Å²) in [6.45, 7) is 7.72. The minimum Gasteiger partial charge on any atom is -0.310 e. The molecule has 0 bridgehead atoms. The van der Waals surface area contributed by atoms with Crippen LogP contribution in [0.2, 0.25) is 0 Å². The van der Waals surface area contributed by atoms with Gasteiger partial charge in [-0.2, -0.15) is 5.26 Å². The summed E-state index contributed by atoms with van der Waals surface area (Å²) in [5.74, 6) is 0. The Kier molecular flexibility index (Phi) is 6.22. The molecule has 0 radical (unpaired) electrons. The lowest BCUT2D eigenvalue weighted by Crippen LogP contribution is -1.99. The molecule has 48 heavy (non-hydrogen) atoms. The summed E-state index contributed by atoms with van der Waals surface area (Å²) in [4.78, 5) is 3.75. The molecule has 9 rings (SSSR count). The van der Waals surface area contributed by atoms with Gasteiger partial charge in [0.2, 0.25) is 0 Å². The highest BCUT2D eigenvalue weighted by molar-refractivity contribution is 6.11. The molecule has 2 aromatic heterocycles. The van der Waals surface area contributed by atoms with Crippen LogP contribution in [0.25, 0.3) is 82.1 Å². The van der Waals surface area contributed by atoms with Crippen LogP contribution in [0, 0.1) is 17.9 Å². The van der Waals surface area contributed by atoms with Crippen LogP contribution in [-0.2, 0) is 0 Å². The van der Waals surface area contributed by atoms with Crippen molar-refractivity contribution in [1.82, 2.24) is 9.13 Å². The Morgan fingerprint density at radius 2 is 1.08 bits per heavy atom. The third-order valence-electron chi connectivity index (χ3n) is 9.38. The van der Waals surface area contributed by atoms with Crippen LogP contribution in [-0.4, -0.2) is 9.13 Å². The first-order chi connectivity index (χ1) is 23.7. The Hall–Kier alpha value is -6.88. The summed E-state index contributed by atoms with van der Waals surface area (Å²) in [7, 11) is 0. The molecule has 0 saturated heterocycles. The van der Waals surface area contributed by atoms with Crippen LogP contribution in [0.3, 0.4) is 0 Å². The smallest absolute Gasteiger partial charge is 0.189 e. The van der Waals surface area contributed by atoms with E-state index >= 15 is 0 Å². The SMILES string of the molecule is [C-]#[N+]c1ccc2c3ccccc3n(-c3ccccc3-c3cccc(C#N)c3-c3cccc(-n4c5ccccc5c5ccccc54)c3)c2c1. The fraction of sp³-hybridized carbons (Fsp3) is 0. The van der Waals surface area contributed by atoms with E-state index in [0.29, 0.717) is 11.3 Å². The summed E-state index contributed by atoms with van der Waals surface area (Å²) in [6, 6.07) is 56.6. The number of fused-ring (bicyclic) bond motifs is 6. The van der Waals surface area contributed by atoms with Gasteiger partial charge in [-0.3, -0.25) is 0 Å². The number of benzene rings is 7. The highest BCUT2D eigenvalue weighted by atomic mass is 15.0. The average Bonchev–Trinajstić information content (AvgIpc) is 3.67. The van der Waals surface area contributed by atoms with Crippen molar-refractivity contribution >= 4 is 49.3 Å². The fourth-order valence-electron chi connectivity index (χ4n) is 7.37. The second-order valence-corrected chi connectivity index (χ2v) is 11.9. The van der Waals surface area contributed by atoms with Crippen LogP contribution >= 0.6 is 0 Å². The molecule has 0 aliphatic carbocycles. The van der Waals surface area contributed by atoms with Crippen molar-refractivity contribution in [2.45, 2.75) is 0 Å². The van der Waals surface area contributed by atoms with Crippen LogP contribution < -0.4 is 0 Å². The molecule has 222 valence electrons. The Balaban J connectivity index is 1.31. The third kappa shape index (κ3) is 4.07. The van der Waals surface area contributed by atoms with E-state index in [4.69, 9.17) is 6.57 Å². The van der Waals surface area contributed by atoms with E-state index in [9.17, 15) is 5.26 Å². The Morgan fingerprint density at radius 3 is 1.77 bits per heavy atom. The van der Waals surface area contributed by atoms with Crippen molar-refractivity contribution in [2.75, 3.05) is 0 Å². The highest BCUT2D eigenvalue weighted by Gasteiger charge is 2.20. The predicted octanol–water partition coefficient (Wildman–Crippen LogP) is 11.6. The summed E-state index contributed by atoms with van der Waals surface area (Å²) in [5.41, 5.74) is 11.4. The lowest BCUT2D eigenvalue weighted by atomic mass is 9.90. The van der Waals surface area contributed by atoms with Gasteiger partial charge in [0.15, 0.2) is 5.69 Å². The molecule has 0 saturated carbocycles. The highest BCUT2D eigenvalue weighted by Crippen LogP contribution is 2.42. The molecule has 2 heterocycles. The molecule has 0 aliphatic heterocycles. The quantitative estimate of drug-likeness (QED) is 0.183. The maximum atomic E-state index is 10.5. The summed E-state index contributed by atoms with van der Waals surface area (Å²) in [5, 5.41) is 15.1. The maximum Gasteiger partial charge on any atom is 0.189 e. The van der Waals surface area contributed by atoms with Crippen molar-refractivity contribution in [3.8, 4) is 39.7 Å². The van der Waals surface area contributed by atoms with Crippen LogP contribution in [0.1, 0.15) is 5.56 Å². The number of para-hydroxylation sites is 4. The van der Waals surface area contributed by atoms with Gasteiger partial charge < -0.3 is 9.13 Å². The first kappa shape index (κ1) is 27.4. The van der Waals surface area contributed by atoms with E-state index in [1.54, 1.807) is 0 Å². The Bertz CT molecular complexity index is 2760. The fourth-order valence-corrected chi connectivity index (χ4v) is 7.37. The molecule has 4 heteroatoms. The number of hydrogen-bond donors (Lipinski definition) is 0. The predicted molar refractivity (Wildman–Crippen MR) is 197 cm³/mol. The minimum atomic E-state index is 0.595. The van der Waals surface area contributed by atoms with Crippen molar-refractivity contribution in [1.29, 1.82) is 5.26 Å². The monoisotopic (exact) mass is 610 g/mol. The molecule has 0 N–H and O–H groups in total. The largest absolute Gasteiger partial charge is 0.310 e. The van der Waals surface area contributed by atoms with Crippen molar-refractivity contribution in [3.63, 3.8) is 0 Å². The second kappa shape index (κ2) is 10.9. The topological polar surface area (TPSA) is 38.0 Å². The van der Waals surface area contributed by atoms with Gasteiger partial charge in [-0.05, 0) is 59.7 Å². The standard InChI is InChI=1S/C44H26N4/c1-46-31-24-25-37-35-17-4-8-22-41(35)48(43(37)27-31)42-23-9-5-18-36(42)38-19-11-13-30(28-45)44(38)29-12-10-14-32(26-29)47-39-20-6-2-15-33(39)34-16-3-7-21-40(34)47/h2-27H. The van der Waals surface area contributed by atoms with Gasteiger partial charge in [0.1, 0.15) is 0 Å². The number of aromatic nitrogens is 2. The molecule has 0 unspecified atom stereocenters. The van der Waals surface area contributed by atoms with Gasteiger partial charge in [-0.25, -0.2) is 4.85 Å².